The van der Waals surface area contributed by atoms with E-state index in [-0.39, 0.29) is 30.1 Å². The minimum Gasteiger partial charge on any atom is -0.493 e. The summed E-state index contributed by atoms with van der Waals surface area (Å²) in [4.78, 5) is 12.8. The lowest BCUT2D eigenvalue weighted by atomic mass is 10.0. The van der Waals surface area contributed by atoms with Crippen LogP contribution in [0.2, 0.25) is 0 Å². The zero-order chi connectivity index (χ0) is 25.9. The van der Waals surface area contributed by atoms with E-state index in [0.717, 1.165) is 5.56 Å². The first-order valence-electron chi connectivity index (χ1n) is 11.7. The van der Waals surface area contributed by atoms with Gasteiger partial charge >= 0.3 is 0 Å². The molecule has 1 aromatic heterocycles. The number of carbonyl (C=O) groups excluding carboxylic acids is 1. The van der Waals surface area contributed by atoms with E-state index in [1.165, 1.54) is 5.56 Å². The zero-order valence-electron chi connectivity index (χ0n) is 20.9. The highest BCUT2D eigenvalue weighted by Crippen LogP contribution is 2.34. The van der Waals surface area contributed by atoms with Gasteiger partial charge in [-0.25, -0.2) is 13.1 Å². The second kappa shape index (κ2) is 10.6. The van der Waals surface area contributed by atoms with Crippen molar-refractivity contribution in [3.63, 3.8) is 0 Å². The number of aromatic nitrogens is 2. The summed E-state index contributed by atoms with van der Waals surface area (Å²) in [5.41, 5.74) is 2.50. The molecule has 10 heteroatoms. The van der Waals surface area contributed by atoms with Gasteiger partial charge < -0.3 is 19.5 Å². The predicted molar refractivity (Wildman–Crippen MR) is 138 cm³/mol. The Kier molecular flexibility index (Phi) is 7.53. The van der Waals surface area contributed by atoms with Gasteiger partial charge in [0.25, 0.3) is 5.91 Å². The highest BCUT2D eigenvalue weighted by atomic mass is 32.2. The molecule has 1 amide bonds. The average Bonchev–Trinajstić information content (AvgIpc) is 3.45. The van der Waals surface area contributed by atoms with E-state index in [1.54, 1.807) is 37.1 Å². The van der Waals surface area contributed by atoms with Crippen LogP contribution in [0.1, 0.15) is 37.8 Å². The molecule has 1 atom stereocenters. The molecule has 0 radical (unpaired) electrons. The maximum Gasteiger partial charge on any atom is 0.263 e. The second-order valence-corrected chi connectivity index (χ2v) is 11.3. The Labute approximate surface area is 211 Å². The van der Waals surface area contributed by atoms with Crippen molar-refractivity contribution in [3.05, 3.63) is 54.1 Å². The first-order valence-corrected chi connectivity index (χ1v) is 13.6. The standard InChI is InChI=1S/C26H31N3O6S/c1-17(2)18-5-8-21(9-6-18)35-15-26(30)27-25-14-22(19-7-10-23(33-3)24(13-19)34-4)28-29(25)20-11-12-36(31,32)16-20/h5-10,13-14,17,20H,11-12,15-16H2,1-4H3,(H,27,30)/t20-/m1/s1. The fraction of sp³-hybridized carbons (Fsp3) is 0.385. The van der Waals surface area contributed by atoms with Crippen LogP contribution >= 0.6 is 0 Å². The van der Waals surface area contributed by atoms with Crippen molar-refractivity contribution in [3.8, 4) is 28.5 Å². The van der Waals surface area contributed by atoms with Crippen molar-refractivity contribution in [2.24, 2.45) is 0 Å². The number of hydrogen-bond acceptors (Lipinski definition) is 7. The summed E-state index contributed by atoms with van der Waals surface area (Å²) in [5, 5.41) is 7.50. The molecule has 2 heterocycles. The molecule has 1 fully saturated rings. The Balaban J connectivity index is 1.55. The molecule has 2 aromatic carbocycles. The van der Waals surface area contributed by atoms with Gasteiger partial charge in [0.05, 0.1) is 37.5 Å². The summed E-state index contributed by atoms with van der Waals surface area (Å²) in [6.07, 6.45) is 0.428. The molecule has 36 heavy (non-hydrogen) atoms. The van der Waals surface area contributed by atoms with E-state index in [2.05, 4.69) is 24.3 Å². The van der Waals surface area contributed by atoms with Crippen LogP contribution in [0.15, 0.2) is 48.5 Å². The van der Waals surface area contributed by atoms with Crippen LogP contribution in [0, 0.1) is 0 Å². The second-order valence-electron chi connectivity index (χ2n) is 9.05. The lowest BCUT2D eigenvalue weighted by Crippen LogP contribution is -2.23. The first kappa shape index (κ1) is 25.6. The van der Waals surface area contributed by atoms with Gasteiger partial charge in [-0.2, -0.15) is 5.10 Å². The highest BCUT2D eigenvalue weighted by Gasteiger charge is 2.32. The van der Waals surface area contributed by atoms with Crippen LogP contribution in [0.3, 0.4) is 0 Å². The molecule has 1 N–H and O–H groups in total. The normalized spacial score (nSPS) is 16.6. The fourth-order valence-corrected chi connectivity index (χ4v) is 5.84. The molecule has 4 rings (SSSR count). The summed E-state index contributed by atoms with van der Waals surface area (Å²) in [6, 6.07) is 14.4. The SMILES string of the molecule is COc1ccc(-c2cc(NC(=O)COc3ccc(C(C)C)cc3)n([C@@H]3CCS(=O)(=O)C3)n2)cc1OC. The molecule has 1 aliphatic rings. The summed E-state index contributed by atoms with van der Waals surface area (Å²) in [7, 11) is -0.0507. The maximum atomic E-state index is 12.8. The average molecular weight is 514 g/mol. The van der Waals surface area contributed by atoms with E-state index >= 15 is 0 Å². The van der Waals surface area contributed by atoms with Crippen LogP contribution in [-0.2, 0) is 14.6 Å². The number of rotatable bonds is 9. The third kappa shape index (κ3) is 5.81. The van der Waals surface area contributed by atoms with Gasteiger partial charge in [0.15, 0.2) is 27.9 Å². The van der Waals surface area contributed by atoms with Crippen LogP contribution in [0.4, 0.5) is 5.82 Å². The number of nitrogens with zero attached hydrogens (tertiary/aromatic N) is 2. The summed E-state index contributed by atoms with van der Waals surface area (Å²) >= 11 is 0. The molecular formula is C26H31N3O6S. The summed E-state index contributed by atoms with van der Waals surface area (Å²) in [5.74, 6) is 2.21. The van der Waals surface area contributed by atoms with Crippen molar-refractivity contribution in [1.29, 1.82) is 0 Å². The van der Waals surface area contributed by atoms with Gasteiger partial charge in [0.2, 0.25) is 0 Å². The monoisotopic (exact) mass is 513 g/mol. The largest absolute Gasteiger partial charge is 0.493 e. The molecule has 0 saturated carbocycles. The zero-order valence-corrected chi connectivity index (χ0v) is 21.7. The number of carbonyl (C=O) groups is 1. The molecule has 0 unspecified atom stereocenters. The third-order valence-electron chi connectivity index (χ3n) is 6.15. The Morgan fingerprint density at radius 2 is 1.81 bits per heavy atom. The molecule has 9 nitrogen and oxygen atoms in total. The number of benzene rings is 2. The Hall–Kier alpha value is -3.53. The minimum absolute atomic E-state index is 0.0262. The highest BCUT2D eigenvalue weighted by molar-refractivity contribution is 7.91. The molecular weight excluding hydrogens is 482 g/mol. The van der Waals surface area contributed by atoms with Crippen LogP contribution in [0.5, 0.6) is 17.2 Å². The van der Waals surface area contributed by atoms with E-state index in [1.807, 2.05) is 30.3 Å². The quantitative estimate of drug-likeness (QED) is 0.459. The molecule has 192 valence electrons. The van der Waals surface area contributed by atoms with Gasteiger partial charge in [-0.15, -0.1) is 0 Å². The minimum atomic E-state index is -3.15. The van der Waals surface area contributed by atoms with Crippen molar-refractivity contribution in [2.45, 2.75) is 32.2 Å². The van der Waals surface area contributed by atoms with Crippen LogP contribution in [0.25, 0.3) is 11.3 Å². The Bertz CT molecular complexity index is 1330. The van der Waals surface area contributed by atoms with Crippen molar-refractivity contribution in [1.82, 2.24) is 9.78 Å². The van der Waals surface area contributed by atoms with Crippen molar-refractivity contribution in [2.75, 3.05) is 37.6 Å². The summed E-state index contributed by atoms with van der Waals surface area (Å²) < 4.78 is 42.2. The Morgan fingerprint density at radius 3 is 2.42 bits per heavy atom. The van der Waals surface area contributed by atoms with Gasteiger partial charge in [-0.1, -0.05) is 26.0 Å². The topological polar surface area (TPSA) is 109 Å². The molecule has 0 bridgehead atoms. The maximum absolute atomic E-state index is 12.8. The number of hydrogen-bond donors (Lipinski definition) is 1. The van der Waals surface area contributed by atoms with Gasteiger partial charge in [0, 0.05) is 11.6 Å². The van der Waals surface area contributed by atoms with E-state index in [0.29, 0.717) is 41.1 Å². The van der Waals surface area contributed by atoms with Gasteiger partial charge in [-0.05, 0) is 48.2 Å². The van der Waals surface area contributed by atoms with E-state index in [4.69, 9.17) is 14.2 Å². The molecule has 1 aliphatic heterocycles. The molecule has 1 saturated heterocycles. The van der Waals surface area contributed by atoms with Gasteiger partial charge in [-0.3, -0.25) is 4.79 Å². The third-order valence-corrected chi connectivity index (χ3v) is 7.90. The fourth-order valence-electron chi connectivity index (χ4n) is 4.15. The van der Waals surface area contributed by atoms with Crippen LogP contribution in [-0.4, -0.2) is 56.4 Å². The lowest BCUT2D eigenvalue weighted by molar-refractivity contribution is -0.118. The number of methoxy groups -OCH3 is 2. The van der Waals surface area contributed by atoms with E-state index < -0.39 is 9.84 Å². The molecule has 3 aromatic rings. The van der Waals surface area contributed by atoms with Crippen molar-refractivity contribution >= 4 is 21.6 Å². The number of nitrogens with one attached hydrogen (secondary N) is 1. The van der Waals surface area contributed by atoms with Crippen LogP contribution < -0.4 is 19.5 Å². The Morgan fingerprint density at radius 1 is 1.08 bits per heavy atom. The number of amides is 1. The number of sulfone groups is 1. The van der Waals surface area contributed by atoms with E-state index in [9.17, 15) is 13.2 Å². The molecule has 0 aliphatic carbocycles. The van der Waals surface area contributed by atoms with Crippen molar-refractivity contribution < 1.29 is 27.4 Å². The summed E-state index contributed by atoms with van der Waals surface area (Å²) in [6.45, 7) is 4.03. The first-order chi connectivity index (χ1) is 17.2. The predicted octanol–water partition coefficient (Wildman–Crippen LogP) is 4.07. The number of anilines is 1. The smallest absolute Gasteiger partial charge is 0.263 e. The lowest BCUT2D eigenvalue weighted by Gasteiger charge is -2.14. The van der Waals surface area contributed by atoms with Gasteiger partial charge in [0.1, 0.15) is 11.6 Å². The number of ether oxygens (including phenoxy) is 3. The molecule has 0 spiro atoms.